The second-order valence-corrected chi connectivity index (χ2v) is 5.92. The van der Waals surface area contributed by atoms with Gasteiger partial charge in [0.1, 0.15) is 0 Å². The highest BCUT2D eigenvalue weighted by Gasteiger charge is 2.56. The lowest BCUT2D eigenvalue weighted by molar-refractivity contribution is -0.0700. The molecule has 0 aromatic rings. The van der Waals surface area contributed by atoms with Crippen LogP contribution in [0.3, 0.4) is 0 Å². The molecule has 0 aromatic heterocycles. The summed E-state index contributed by atoms with van der Waals surface area (Å²) >= 11 is 0. The summed E-state index contributed by atoms with van der Waals surface area (Å²) in [7, 11) is 0. The normalized spacial score (nSPS) is 60.3. The van der Waals surface area contributed by atoms with Gasteiger partial charge in [0.05, 0.1) is 6.04 Å². The summed E-state index contributed by atoms with van der Waals surface area (Å²) in [5, 5.41) is 0. The first-order valence-electron chi connectivity index (χ1n) is 6.15. The van der Waals surface area contributed by atoms with Gasteiger partial charge in [0.25, 0.3) is 0 Å². The summed E-state index contributed by atoms with van der Waals surface area (Å²) in [6.07, 6.45) is 1.43. The Morgan fingerprint density at radius 2 is 1.71 bits per heavy atom. The Morgan fingerprint density at radius 3 is 2.29 bits per heavy atom. The van der Waals surface area contributed by atoms with Gasteiger partial charge in [-0.25, -0.2) is 0 Å². The SMILES string of the molecule is CC1=NC2C(C)C(C2C)[C@@H]2C[C@H]1[C@H]2C. The van der Waals surface area contributed by atoms with Crippen molar-refractivity contribution in [2.24, 2.45) is 40.5 Å². The third kappa shape index (κ3) is 0.844. The van der Waals surface area contributed by atoms with E-state index in [-0.39, 0.29) is 0 Å². The molecule has 6 aliphatic rings. The van der Waals surface area contributed by atoms with Crippen LogP contribution in [-0.2, 0) is 0 Å². The van der Waals surface area contributed by atoms with E-state index >= 15 is 0 Å². The van der Waals surface area contributed by atoms with Gasteiger partial charge in [-0.05, 0) is 48.9 Å². The van der Waals surface area contributed by atoms with Gasteiger partial charge < -0.3 is 0 Å². The Hall–Kier alpha value is -0.330. The largest absolute Gasteiger partial charge is 0.290 e. The molecule has 2 unspecified atom stereocenters. The average molecular weight is 191 g/mol. The van der Waals surface area contributed by atoms with Crippen LogP contribution in [0.15, 0.2) is 4.99 Å². The fourth-order valence-electron chi connectivity index (χ4n) is 4.50. The van der Waals surface area contributed by atoms with Gasteiger partial charge >= 0.3 is 0 Å². The van der Waals surface area contributed by atoms with Crippen molar-refractivity contribution in [2.75, 3.05) is 0 Å². The molecule has 2 aliphatic carbocycles. The molecule has 4 heterocycles. The van der Waals surface area contributed by atoms with Crippen molar-refractivity contribution in [3.63, 3.8) is 0 Å². The van der Waals surface area contributed by atoms with Crippen molar-refractivity contribution in [3.8, 4) is 0 Å². The fourth-order valence-corrected chi connectivity index (χ4v) is 4.50. The molecule has 0 amide bonds. The highest BCUT2D eigenvalue weighted by Crippen LogP contribution is 2.58. The molecular weight excluding hydrogens is 170 g/mol. The van der Waals surface area contributed by atoms with Gasteiger partial charge in [0, 0.05) is 5.71 Å². The standard InChI is InChI=1S/C13H21N/c1-6-10-5-11(6)12-7(2)13(8(12)3)14-9(10)4/h6-8,10-13H,5H2,1-4H3/t6-,7?,8?,10+,11-,12?,13?/m1/s1. The molecule has 1 nitrogen and oxygen atoms in total. The molecule has 2 fully saturated rings. The highest BCUT2D eigenvalue weighted by atomic mass is 14.9. The molecule has 0 aromatic carbocycles. The Morgan fingerprint density at radius 1 is 1.07 bits per heavy atom. The van der Waals surface area contributed by atoms with Gasteiger partial charge in [-0.2, -0.15) is 0 Å². The first kappa shape index (κ1) is 8.94. The number of hydrogen-bond donors (Lipinski definition) is 0. The fraction of sp³-hybridized carbons (Fsp3) is 0.923. The van der Waals surface area contributed by atoms with Crippen LogP contribution in [0.1, 0.15) is 34.1 Å². The van der Waals surface area contributed by atoms with E-state index in [0.29, 0.717) is 6.04 Å². The second kappa shape index (κ2) is 2.62. The van der Waals surface area contributed by atoms with E-state index in [0.717, 1.165) is 35.5 Å². The lowest BCUT2D eigenvalue weighted by atomic mass is 9.47. The Kier molecular flexibility index (Phi) is 1.67. The van der Waals surface area contributed by atoms with Crippen molar-refractivity contribution in [1.82, 2.24) is 0 Å². The van der Waals surface area contributed by atoms with E-state index in [1.54, 1.807) is 0 Å². The quantitative estimate of drug-likeness (QED) is 0.558. The van der Waals surface area contributed by atoms with Crippen LogP contribution < -0.4 is 0 Å². The minimum Gasteiger partial charge on any atom is -0.290 e. The Balaban J connectivity index is 1.99. The Bertz CT molecular complexity index is 284. The first-order chi connectivity index (χ1) is 6.61. The third-order valence-electron chi connectivity index (χ3n) is 5.51. The van der Waals surface area contributed by atoms with Gasteiger partial charge in [-0.15, -0.1) is 0 Å². The smallest absolute Gasteiger partial charge is 0.0555 e. The number of hydrogen-bond acceptors (Lipinski definition) is 1. The number of aliphatic imine (C=N–C) groups is 1. The van der Waals surface area contributed by atoms with Gasteiger partial charge in [-0.3, -0.25) is 4.99 Å². The molecule has 0 saturated heterocycles. The second-order valence-electron chi connectivity index (χ2n) is 5.92. The molecule has 78 valence electrons. The minimum atomic E-state index is 0.665. The molecule has 4 aliphatic heterocycles. The van der Waals surface area contributed by atoms with E-state index < -0.39 is 0 Å². The van der Waals surface area contributed by atoms with E-state index in [9.17, 15) is 0 Å². The summed E-state index contributed by atoms with van der Waals surface area (Å²) in [6.45, 7) is 9.53. The lowest BCUT2D eigenvalue weighted by Crippen LogP contribution is -2.59. The van der Waals surface area contributed by atoms with Crippen LogP contribution in [0, 0.1) is 35.5 Å². The maximum atomic E-state index is 4.95. The predicted molar refractivity (Wildman–Crippen MR) is 59.5 cm³/mol. The van der Waals surface area contributed by atoms with Gasteiger partial charge in [0.2, 0.25) is 0 Å². The zero-order chi connectivity index (χ0) is 10.0. The molecule has 0 N–H and O–H groups in total. The zero-order valence-corrected chi connectivity index (χ0v) is 9.70. The molecule has 2 saturated carbocycles. The van der Waals surface area contributed by atoms with Crippen LogP contribution in [0.25, 0.3) is 0 Å². The predicted octanol–water partition coefficient (Wildman–Crippen LogP) is 3.00. The summed E-state index contributed by atoms with van der Waals surface area (Å²) in [5.41, 5.74) is 1.45. The van der Waals surface area contributed by atoms with Crippen LogP contribution >= 0.6 is 0 Å². The number of rotatable bonds is 0. The van der Waals surface area contributed by atoms with E-state index in [1.807, 2.05) is 0 Å². The maximum Gasteiger partial charge on any atom is 0.0555 e. The average Bonchev–Trinajstić information content (AvgIpc) is 2.15. The molecule has 0 spiro atoms. The molecule has 4 bridgehead atoms. The minimum absolute atomic E-state index is 0.665. The van der Waals surface area contributed by atoms with E-state index in [4.69, 9.17) is 4.99 Å². The van der Waals surface area contributed by atoms with E-state index in [1.165, 1.54) is 12.1 Å². The van der Waals surface area contributed by atoms with Crippen LogP contribution in [0.4, 0.5) is 0 Å². The van der Waals surface area contributed by atoms with E-state index in [2.05, 4.69) is 27.7 Å². The summed E-state index contributed by atoms with van der Waals surface area (Å²) in [4.78, 5) is 4.95. The topological polar surface area (TPSA) is 12.4 Å². The number of nitrogens with zero attached hydrogens (tertiary/aromatic N) is 1. The molecule has 6 rings (SSSR count). The molecule has 0 radical (unpaired) electrons. The molecule has 5 atom stereocenters. The van der Waals surface area contributed by atoms with Crippen LogP contribution in [-0.4, -0.2) is 11.8 Å². The third-order valence-corrected chi connectivity index (χ3v) is 5.51. The maximum absolute atomic E-state index is 4.95. The van der Waals surface area contributed by atoms with Crippen LogP contribution in [0.5, 0.6) is 0 Å². The zero-order valence-electron chi connectivity index (χ0n) is 9.70. The molecular formula is C13H21N. The Labute approximate surface area is 87.0 Å². The molecule has 1 heteroatoms. The van der Waals surface area contributed by atoms with Gasteiger partial charge in [-0.1, -0.05) is 20.8 Å². The van der Waals surface area contributed by atoms with Crippen molar-refractivity contribution < 1.29 is 0 Å². The highest BCUT2D eigenvalue weighted by molar-refractivity contribution is 5.86. The summed E-state index contributed by atoms with van der Waals surface area (Å²) in [5.74, 6) is 5.47. The summed E-state index contributed by atoms with van der Waals surface area (Å²) in [6, 6.07) is 0.665. The van der Waals surface area contributed by atoms with Crippen LogP contribution in [0.2, 0.25) is 0 Å². The molecule has 14 heavy (non-hydrogen) atoms. The lowest BCUT2D eigenvalue weighted by Gasteiger charge is -2.61. The monoisotopic (exact) mass is 191 g/mol. The van der Waals surface area contributed by atoms with Crippen molar-refractivity contribution in [2.45, 2.75) is 40.2 Å². The summed E-state index contributed by atoms with van der Waals surface area (Å²) < 4.78 is 0. The van der Waals surface area contributed by atoms with Gasteiger partial charge in [0.15, 0.2) is 0 Å². The van der Waals surface area contributed by atoms with Crippen molar-refractivity contribution in [1.29, 1.82) is 0 Å². The van der Waals surface area contributed by atoms with Crippen molar-refractivity contribution in [3.05, 3.63) is 0 Å². The first-order valence-corrected chi connectivity index (χ1v) is 6.15. The van der Waals surface area contributed by atoms with Crippen molar-refractivity contribution >= 4 is 5.71 Å².